The largest absolute Gasteiger partial charge is 0.394 e. The smallest absolute Gasteiger partial charge is 0.217 e. The van der Waals surface area contributed by atoms with Crippen molar-refractivity contribution in [1.29, 1.82) is 0 Å². The standard InChI is InChI=1S/C11H22N2O3/c12-11(15)9-10-1-3-13(4-2-10)5-7-16-8-6-14/h10,14H,1-9H2,(H2,12,15). The van der Waals surface area contributed by atoms with Gasteiger partial charge in [0.25, 0.3) is 0 Å². The van der Waals surface area contributed by atoms with Crippen LogP contribution in [0.2, 0.25) is 0 Å². The van der Waals surface area contributed by atoms with E-state index in [0.29, 0.717) is 25.6 Å². The van der Waals surface area contributed by atoms with Gasteiger partial charge in [-0.2, -0.15) is 0 Å². The maximum Gasteiger partial charge on any atom is 0.217 e. The molecule has 0 bridgehead atoms. The molecule has 0 aliphatic carbocycles. The van der Waals surface area contributed by atoms with Crippen LogP contribution in [0.1, 0.15) is 19.3 Å². The average Bonchev–Trinajstić information content (AvgIpc) is 2.26. The van der Waals surface area contributed by atoms with Crippen LogP contribution in [-0.4, -0.2) is 55.4 Å². The molecule has 1 rings (SSSR count). The summed E-state index contributed by atoms with van der Waals surface area (Å²) in [5.74, 6) is 0.275. The number of carbonyl (C=O) groups excluding carboxylic acids is 1. The van der Waals surface area contributed by atoms with E-state index in [1.807, 2.05) is 0 Å². The summed E-state index contributed by atoms with van der Waals surface area (Å²) < 4.78 is 5.21. The summed E-state index contributed by atoms with van der Waals surface area (Å²) in [7, 11) is 0. The molecule has 5 heteroatoms. The Balaban J connectivity index is 2.05. The van der Waals surface area contributed by atoms with Gasteiger partial charge in [-0.25, -0.2) is 0 Å². The summed E-state index contributed by atoms with van der Waals surface area (Å²) in [6.45, 7) is 4.10. The lowest BCUT2D eigenvalue weighted by atomic mass is 9.93. The Morgan fingerprint density at radius 3 is 2.62 bits per heavy atom. The van der Waals surface area contributed by atoms with E-state index in [9.17, 15) is 4.79 Å². The molecule has 1 fully saturated rings. The highest BCUT2D eigenvalue weighted by molar-refractivity contribution is 5.73. The Hall–Kier alpha value is -0.650. The number of piperidine rings is 1. The maximum atomic E-state index is 10.8. The van der Waals surface area contributed by atoms with E-state index >= 15 is 0 Å². The van der Waals surface area contributed by atoms with Crippen LogP contribution in [0, 0.1) is 5.92 Å². The highest BCUT2D eigenvalue weighted by Gasteiger charge is 2.20. The molecule has 0 aromatic rings. The number of aliphatic hydroxyl groups is 1. The Kier molecular flexibility index (Phi) is 6.37. The van der Waals surface area contributed by atoms with Crippen molar-refractivity contribution in [2.24, 2.45) is 11.7 Å². The Morgan fingerprint density at radius 1 is 1.38 bits per heavy atom. The highest BCUT2D eigenvalue weighted by Crippen LogP contribution is 2.19. The van der Waals surface area contributed by atoms with Crippen molar-refractivity contribution < 1.29 is 14.6 Å². The van der Waals surface area contributed by atoms with Crippen molar-refractivity contribution in [3.63, 3.8) is 0 Å². The molecule has 0 unspecified atom stereocenters. The normalized spacial score (nSPS) is 18.8. The number of aliphatic hydroxyl groups excluding tert-OH is 1. The molecule has 1 amide bonds. The van der Waals surface area contributed by atoms with Crippen molar-refractivity contribution in [3.8, 4) is 0 Å². The van der Waals surface area contributed by atoms with E-state index in [0.717, 1.165) is 32.5 Å². The van der Waals surface area contributed by atoms with Gasteiger partial charge in [0.05, 0.1) is 19.8 Å². The first kappa shape index (κ1) is 13.4. The molecule has 0 aromatic carbocycles. The van der Waals surface area contributed by atoms with Crippen LogP contribution in [0.5, 0.6) is 0 Å². The van der Waals surface area contributed by atoms with Gasteiger partial charge < -0.3 is 20.5 Å². The molecule has 0 saturated carbocycles. The van der Waals surface area contributed by atoms with E-state index in [2.05, 4.69) is 4.90 Å². The Labute approximate surface area is 96.6 Å². The molecule has 5 nitrogen and oxygen atoms in total. The first-order chi connectivity index (χ1) is 7.72. The fraction of sp³-hybridized carbons (Fsp3) is 0.909. The number of hydrogen-bond acceptors (Lipinski definition) is 4. The number of rotatable bonds is 7. The Morgan fingerprint density at radius 2 is 2.06 bits per heavy atom. The maximum absolute atomic E-state index is 10.8. The second kappa shape index (κ2) is 7.60. The minimum Gasteiger partial charge on any atom is -0.394 e. The van der Waals surface area contributed by atoms with Crippen LogP contribution in [-0.2, 0) is 9.53 Å². The predicted octanol–water partition coefficient (Wildman–Crippen LogP) is -0.417. The number of primary amides is 1. The average molecular weight is 230 g/mol. The summed E-state index contributed by atoms with van der Waals surface area (Å²) in [5, 5.41) is 8.54. The van der Waals surface area contributed by atoms with Crippen LogP contribution in [0.15, 0.2) is 0 Å². The number of amides is 1. The number of carbonyl (C=O) groups is 1. The van der Waals surface area contributed by atoms with E-state index in [4.69, 9.17) is 15.6 Å². The first-order valence-electron chi connectivity index (χ1n) is 5.91. The molecule has 0 aromatic heterocycles. The van der Waals surface area contributed by atoms with Crippen LogP contribution in [0.4, 0.5) is 0 Å². The van der Waals surface area contributed by atoms with Crippen LogP contribution in [0.3, 0.4) is 0 Å². The fourth-order valence-electron chi connectivity index (χ4n) is 2.06. The zero-order chi connectivity index (χ0) is 11.8. The quantitative estimate of drug-likeness (QED) is 0.583. The van der Waals surface area contributed by atoms with Gasteiger partial charge in [-0.3, -0.25) is 4.79 Å². The van der Waals surface area contributed by atoms with Gasteiger partial charge >= 0.3 is 0 Å². The highest BCUT2D eigenvalue weighted by atomic mass is 16.5. The van der Waals surface area contributed by atoms with Crippen molar-refractivity contribution >= 4 is 5.91 Å². The molecule has 0 spiro atoms. The zero-order valence-corrected chi connectivity index (χ0v) is 9.73. The minimum absolute atomic E-state index is 0.0840. The van der Waals surface area contributed by atoms with Crippen LogP contribution >= 0.6 is 0 Å². The second-order valence-corrected chi connectivity index (χ2v) is 4.29. The topological polar surface area (TPSA) is 75.8 Å². The van der Waals surface area contributed by atoms with Gasteiger partial charge in [0.2, 0.25) is 5.91 Å². The minimum atomic E-state index is -0.190. The second-order valence-electron chi connectivity index (χ2n) is 4.29. The molecule has 16 heavy (non-hydrogen) atoms. The lowest BCUT2D eigenvalue weighted by molar-refractivity contribution is -0.119. The summed E-state index contributed by atoms with van der Waals surface area (Å²) in [6.07, 6.45) is 2.61. The van der Waals surface area contributed by atoms with Crippen molar-refractivity contribution in [1.82, 2.24) is 4.90 Å². The molecule has 1 aliphatic heterocycles. The third kappa shape index (κ3) is 5.44. The van der Waals surface area contributed by atoms with E-state index < -0.39 is 0 Å². The summed E-state index contributed by atoms with van der Waals surface area (Å²) in [5.41, 5.74) is 5.18. The van der Waals surface area contributed by atoms with Gasteiger partial charge in [0.15, 0.2) is 0 Å². The molecule has 1 saturated heterocycles. The number of nitrogens with two attached hydrogens (primary N) is 1. The molecule has 3 N–H and O–H groups in total. The third-order valence-electron chi connectivity index (χ3n) is 2.98. The number of likely N-dealkylation sites (tertiary alicyclic amines) is 1. The monoisotopic (exact) mass is 230 g/mol. The molecule has 0 radical (unpaired) electrons. The molecular weight excluding hydrogens is 208 g/mol. The van der Waals surface area contributed by atoms with Crippen LogP contribution < -0.4 is 5.73 Å². The van der Waals surface area contributed by atoms with Crippen molar-refractivity contribution in [2.75, 3.05) is 39.5 Å². The molecular formula is C11H22N2O3. The molecule has 94 valence electrons. The summed E-state index contributed by atoms with van der Waals surface area (Å²) >= 11 is 0. The molecule has 1 aliphatic rings. The lowest BCUT2D eigenvalue weighted by Gasteiger charge is -2.31. The fourth-order valence-corrected chi connectivity index (χ4v) is 2.06. The van der Waals surface area contributed by atoms with Gasteiger partial charge in [0, 0.05) is 13.0 Å². The van der Waals surface area contributed by atoms with Gasteiger partial charge in [-0.1, -0.05) is 0 Å². The number of hydrogen-bond donors (Lipinski definition) is 2. The lowest BCUT2D eigenvalue weighted by Crippen LogP contribution is -2.37. The third-order valence-corrected chi connectivity index (χ3v) is 2.98. The predicted molar refractivity (Wildman–Crippen MR) is 60.9 cm³/mol. The first-order valence-corrected chi connectivity index (χ1v) is 5.91. The van der Waals surface area contributed by atoms with Crippen LogP contribution in [0.25, 0.3) is 0 Å². The molecule has 1 heterocycles. The van der Waals surface area contributed by atoms with Crippen molar-refractivity contribution in [3.05, 3.63) is 0 Å². The van der Waals surface area contributed by atoms with E-state index in [1.165, 1.54) is 0 Å². The number of ether oxygens (including phenoxy) is 1. The van der Waals surface area contributed by atoms with Gasteiger partial charge in [-0.15, -0.1) is 0 Å². The number of nitrogens with zero attached hydrogens (tertiary/aromatic N) is 1. The SMILES string of the molecule is NC(=O)CC1CCN(CCOCCO)CC1. The Bertz CT molecular complexity index is 203. The van der Waals surface area contributed by atoms with E-state index in [1.54, 1.807) is 0 Å². The van der Waals surface area contributed by atoms with E-state index in [-0.39, 0.29) is 12.5 Å². The van der Waals surface area contributed by atoms with Gasteiger partial charge in [-0.05, 0) is 31.8 Å². The zero-order valence-electron chi connectivity index (χ0n) is 9.73. The van der Waals surface area contributed by atoms with Crippen molar-refractivity contribution in [2.45, 2.75) is 19.3 Å². The summed E-state index contributed by atoms with van der Waals surface area (Å²) in [6, 6.07) is 0. The summed E-state index contributed by atoms with van der Waals surface area (Å²) in [4.78, 5) is 13.1. The molecule has 0 atom stereocenters. The van der Waals surface area contributed by atoms with Gasteiger partial charge in [0.1, 0.15) is 0 Å².